The van der Waals surface area contributed by atoms with E-state index in [0.29, 0.717) is 5.02 Å². The van der Waals surface area contributed by atoms with E-state index in [9.17, 15) is 0 Å². The average molecular weight is 365 g/mol. The molecule has 5 heteroatoms. The van der Waals surface area contributed by atoms with Gasteiger partial charge in [0.05, 0.1) is 9.83 Å². The van der Waals surface area contributed by atoms with Gasteiger partial charge in [-0.2, -0.15) is 0 Å². The van der Waals surface area contributed by atoms with E-state index in [0.717, 1.165) is 14.4 Å². The highest BCUT2D eigenvalue weighted by molar-refractivity contribution is 9.11. The number of aryl methyl sites for hydroxylation is 1. The quantitative estimate of drug-likeness (QED) is 0.765. The van der Waals surface area contributed by atoms with Crippen molar-refractivity contribution < 1.29 is 0 Å². The molecule has 0 saturated carbocycles. The van der Waals surface area contributed by atoms with Gasteiger partial charge in [-0.3, -0.25) is 0 Å². The lowest BCUT2D eigenvalue weighted by molar-refractivity contribution is 0.691. The molecule has 1 N–H and O–H groups in total. The minimum Gasteiger partial charge on any atom is -0.309 e. The lowest BCUT2D eigenvalue weighted by atomic mass is 9.99. The van der Waals surface area contributed by atoms with Gasteiger partial charge in [0, 0.05) is 14.9 Å². The first-order valence-electron chi connectivity index (χ1n) is 5.41. The summed E-state index contributed by atoms with van der Waals surface area (Å²) in [6.45, 7) is 2.10. The highest BCUT2D eigenvalue weighted by Gasteiger charge is 2.19. The number of rotatable bonds is 3. The zero-order valence-electron chi connectivity index (χ0n) is 9.93. The Morgan fingerprint density at radius 3 is 2.50 bits per heavy atom. The first kappa shape index (κ1) is 14.4. The van der Waals surface area contributed by atoms with Crippen molar-refractivity contribution >= 4 is 50.5 Å². The van der Waals surface area contributed by atoms with Gasteiger partial charge in [0.2, 0.25) is 0 Å². The molecule has 1 aromatic carbocycles. The summed E-state index contributed by atoms with van der Waals surface area (Å²) in [5.74, 6) is 0. The first-order chi connectivity index (χ1) is 8.52. The Morgan fingerprint density at radius 2 is 1.94 bits per heavy atom. The van der Waals surface area contributed by atoms with Crippen molar-refractivity contribution in [2.75, 3.05) is 7.05 Å². The molecule has 0 aliphatic rings. The highest BCUT2D eigenvalue weighted by atomic mass is 79.9. The molecule has 2 rings (SSSR count). The van der Waals surface area contributed by atoms with Crippen LogP contribution in [0.15, 0.2) is 28.1 Å². The minimum absolute atomic E-state index is 0.0544. The van der Waals surface area contributed by atoms with Crippen molar-refractivity contribution in [1.29, 1.82) is 0 Å². The zero-order valence-corrected chi connectivity index (χ0v) is 13.8. The van der Waals surface area contributed by atoms with Crippen LogP contribution in [0.25, 0.3) is 0 Å². The molecule has 0 amide bonds. The third kappa shape index (κ3) is 2.91. The summed E-state index contributed by atoms with van der Waals surface area (Å²) in [5, 5.41) is 4.72. The summed E-state index contributed by atoms with van der Waals surface area (Å²) >= 11 is 17.6. The second-order valence-corrected chi connectivity index (χ2v) is 7.43. The lowest BCUT2D eigenvalue weighted by Gasteiger charge is -2.18. The summed E-state index contributed by atoms with van der Waals surface area (Å²) in [6.07, 6.45) is 0. The number of hydrogen-bond donors (Lipinski definition) is 1. The van der Waals surface area contributed by atoms with Gasteiger partial charge in [-0.25, -0.2) is 0 Å². The molecule has 1 nitrogen and oxygen atoms in total. The first-order valence-corrected chi connectivity index (χ1v) is 7.77. The number of hydrogen-bond acceptors (Lipinski definition) is 2. The zero-order chi connectivity index (χ0) is 13.3. The van der Waals surface area contributed by atoms with Gasteiger partial charge in [0.1, 0.15) is 0 Å². The van der Waals surface area contributed by atoms with Crippen LogP contribution in [0.1, 0.15) is 22.0 Å². The predicted molar refractivity (Wildman–Crippen MR) is 84.1 cm³/mol. The maximum Gasteiger partial charge on any atom is 0.0704 e. The van der Waals surface area contributed by atoms with E-state index in [2.05, 4.69) is 34.2 Å². The summed E-state index contributed by atoms with van der Waals surface area (Å²) in [6, 6.07) is 7.73. The van der Waals surface area contributed by atoms with Crippen molar-refractivity contribution in [3.8, 4) is 0 Å². The molecule has 1 unspecified atom stereocenters. The van der Waals surface area contributed by atoms with E-state index in [4.69, 9.17) is 23.2 Å². The molecule has 0 bridgehead atoms. The van der Waals surface area contributed by atoms with Crippen molar-refractivity contribution in [3.63, 3.8) is 0 Å². The molecular formula is C13H12BrCl2NS. The van der Waals surface area contributed by atoms with E-state index in [1.165, 1.54) is 10.4 Å². The maximum absolute atomic E-state index is 6.27. The fraction of sp³-hybridized carbons (Fsp3) is 0.231. The average Bonchev–Trinajstić information content (AvgIpc) is 2.64. The van der Waals surface area contributed by atoms with Crippen LogP contribution in [0, 0.1) is 6.92 Å². The van der Waals surface area contributed by atoms with Crippen LogP contribution >= 0.6 is 50.5 Å². The number of thiophene rings is 1. The molecular weight excluding hydrogens is 353 g/mol. The molecule has 0 saturated heterocycles. The Balaban J connectivity index is 2.51. The third-order valence-corrected chi connectivity index (χ3v) is 4.94. The smallest absolute Gasteiger partial charge is 0.0704 e. The van der Waals surface area contributed by atoms with Crippen molar-refractivity contribution in [2.24, 2.45) is 0 Å². The third-order valence-electron chi connectivity index (χ3n) is 2.79. The SMILES string of the molecule is CNC(c1cc(Cl)ccc1Cl)c1cc(Br)sc1C. The summed E-state index contributed by atoms with van der Waals surface area (Å²) in [5.41, 5.74) is 2.22. The Bertz CT molecular complexity index is 568. The topological polar surface area (TPSA) is 12.0 Å². The molecule has 2 aromatic rings. The van der Waals surface area contributed by atoms with Crippen molar-refractivity contribution in [1.82, 2.24) is 5.32 Å². The standard InChI is InChI=1S/C13H12BrCl2NS/c1-7-9(6-12(14)18-7)13(17-2)10-5-8(15)3-4-11(10)16/h3-6,13,17H,1-2H3. The van der Waals surface area contributed by atoms with E-state index >= 15 is 0 Å². The van der Waals surface area contributed by atoms with Crippen molar-refractivity contribution in [3.05, 3.63) is 54.1 Å². The van der Waals surface area contributed by atoms with Crippen LogP contribution in [0.3, 0.4) is 0 Å². The van der Waals surface area contributed by atoms with Gasteiger partial charge in [0.25, 0.3) is 0 Å². The van der Waals surface area contributed by atoms with Crippen LogP contribution < -0.4 is 5.32 Å². The summed E-state index contributed by atoms with van der Waals surface area (Å²) in [4.78, 5) is 1.26. The Hall–Kier alpha value is -0.0600. The molecule has 0 aliphatic carbocycles. The number of benzene rings is 1. The maximum atomic E-state index is 6.27. The minimum atomic E-state index is 0.0544. The largest absolute Gasteiger partial charge is 0.309 e. The van der Waals surface area contributed by atoms with Gasteiger partial charge in [-0.05, 0) is 65.3 Å². The lowest BCUT2D eigenvalue weighted by Crippen LogP contribution is -2.18. The van der Waals surface area contributed by atoms with E-state index in [1.54, 1.807) is 17.4 Å². The molecule has 1 atom stereocenters. The Labute approximate surface area is 129 Å². The molecule has 1 aromatic heterocycles. The van der Waals surface area contributed by atoms with Gasteiger partial charge < -0.3 is 5.32 Å². The van der Waals surface area contributed by atoms with Gasteiger partial charge in [-0.1, -0.05) is 23.2 Å². The monoisotopic (exact) mass is 363 g/mol. The van der Waals surface area contributed by atoms with Gasteiger partial charge in [-0.15, -0.1) is 11.3 Å². The van der Waals surface area contributed by atoms with Crippen LogP contribution in [-0.4, -0.2) is 7.05 Å². The Morgan fingerprint density at radius 1 is 1.22 bits per heavy atom. The molecule has 0 spiro atoms. The molecule has 0 radical (unpaired) electrons. The molecule has 18 heavy (non-hydrogen) atoms. The number of halogens is 3. The molecule has 1 heterocycles. The van der Waals surface area contributed by atoms with Crippen LogP contribution in [-0.2, 0) is 0 Å². The summed E-state index contributed by atoms with van der Waals surface area (Å²) < 4.78 is 1.12. The fourth-order valence-electron chi connectivity index (χ4n) is 1.96. The van der Waals surface area contributed by atoms with Crippen LogP contribution in [0.2, 0.25) is 10.0 Å². The molecule has 0 fully saturated rings. The normalized spacial score (nSPS) is 12.7. The van der Waals surface area contributed by atoms with Gasteiger partial charge in [0.15, 0.2) is 0 Å². The van der Waals surface area contributed by atoms with E-state index in [-0.39, 0.29) is 6.04 Å². The van der Waals surface area contributed by atoms with Crippen LogP contribution in [0.5, 0.6) is 0 Å². The predicted octanol–water partition coefficient (Wildman–Crippen LogP) is 5.43. The number of nitrogens with one attached hydrogen (secondary N) is 1. The second-order valence-electron chi connectivity index (χ2n) is 3.95. The van der Waals surface area contributed by atoms with Crippen molar-refractivity contribution in [2.45, 2.75) is 13.0 Å². The van der Waals surface area contributed by atoms with E-state index < -0.39 is 0 Å². The second kappa shape index (κ2) is 5.93. The summed E-state index contributed by atoms with van der Waals surface area (Å²) in [7, 11) is 1.92. The fourth-order valence-corrected chi connectivity index (χ4v) is 4.11. The molecule has 96 valence electrons. The Kier molecular flexibility index (Phi) is 4.73. The highest BCUT2D eigenvalue weighted by Crippen LogP contribution is 2.36. The van der Waals surface area contributed by atoms with Gasteiger partial charge >= 0.3 is 0 Å². The molecule has 0 aliphatic heterocycles. The van der Waals surface area contributed by atoms with Crippen LogP contribution in [0.4, 0.5) is 0 Å². The van der Waals surface area contributed by atoms with E-state index in [1.807, 2.05) is 19.2 Å².